The fourth-order valence-corrected chi connectivity index (χ4v) is 4.21. The molecule has 2 aromatic rings. The van der Waals surface area contributed by atoms with Gasteiger partial charge in [-0.3, -0.25) is 9.58 Å². The number of ether oxygens (including phenoxy) is 2. The average Bonchev–Trinajstić information content (AvgIpc) is 3.33. The maximum Gasteiger partial charge on any atom is 0.0996 e. The molecule has 140 valence electrons. The monoisotopic (exact) mass is 355 g/mol. The molecule has 0 bridgehead atoms. The van der Waals surface area contributed by atoms with Crippen molar-refractivity contribution in [3.63, 3.8) is 0 Å². The summed E-state index contributed by atoms with van der Waals surface area (Å²) in [6.45, 7) is 7.46. The van der Waals surface area contributed by atoms with Gasteiger partial charge >= 0.3 is 0 Å². The lowest BCUT2D eigenvalue weighted by atomic mass is 9.85. The fourth-order valence-electron chi connectivity index (χ4n) is 4.21. The van der Waals surface area contributed by atoms with Gasteiger partial charge in [0, 0.05) is 44.5 Å². The van der Waals surface area contributed by atoms with Gasteiger partial charge in [-0.25, -0.2) is 0 Å². The van der Waals surface area contributed by atoms with E-state index in [1.54, 1.807) is 0 Å². The van der Waals surface area contributed by atoms with E-state index in [0.717, 1.165) is 52.0 Å². The number of hydrogen-bond donors (Lipinski definition) is 0. The van der Waals surface area contributed by atoms with Crippen LogP contribution in [0, 0.1) is 0 Å². The number of likely N-dealkylation sites (tertiary alicyclic amines) is 1. The molecule has 26 heavy (non-hydrogen) atoms. The molecule has 1 aromatic carbocycles. The summed E-state index contributed by atoms with van der Waals surface area (Å²) >= 11 is 0. The Morgan fingerprint density at radius 1 is 1.23 bits per heavy atom. The third kappa shape index (κ3) is 3.85. The van der Waals surface area contributed by atoms with Crippen LogP contribution in [0.15, 0.2) is 42.7 Å². The third-order valence-corrected chi connectivity index (χ3v) is 5.71. The maximum atomic E-state index is 6.41. The van der Waals surface area contributed by atoms with Crippen molar-refractivity contribution in [2.45, 2.75) is 57.6 Å². The van der Waals surface area contributed by atoms with Crippen LogP contribution in [0.2, 0.25) is 0 Å². The van der Waals surface area contributed by atoms with Crippen molar-refractivity contribution in [3.8, 4) is 0 Å². The first kappa shape index (κ1) is 17.7. The van der Waals surface area contributed by atoms with Gasteiger partial charge in [0.2, 0.25) is 0 Å². The molecule has 0 aliphatic carbocycles. The van der Waals surface area contributed by atoms with Gasteiger partial charge in [0.05, 0.1) is 24.5 Å². The van der Waals surface area contributed by atoms with Crippen LogP contribution in [0.25, 0.3) is 0 Å². The van der Waals surface area contributed by atoms with Crippen LogP contribution in [-0.2, 0) is 29.2 Å². The molecule has 2 aliphatic heterocycles. The standard InChI is InChI=1S/C21H29N3O2/c1-2-24-15-19(13-22-24)14-23-11-10-21(9-6-12-26-21)20(16-23)25-17-18-7-4-3-5-8-18/h3-5,7-8,13,15,20H,2,6,9-12,14,16-17H2,1H3/t20-,21-/m0/s1. The van der Waals surface area contributed by atoms with Gasteiger partial charge < -0.3 is 9.47 Å². The van der Waals surface area contributed by atoms with Gasteiger partial charge in [0.1, 0.15) is 0 Å². The number of benzene rings is 1. The minimum Gasteiger partial charge on any atom is -0.372 e. The van der Waals surface area contributed by atoms with Gasteiger partial charge in [-0.15, -0.1) is 0 Å². The topological polar surface area (TPSA) is 39.5 Å². The predicted molar refractivity (Wildman–Crippen MR) is 101 cm³/mol. The Morgan fingerprint density at radius 3 is 2.85 bits per heavy atom. The first-order chi connectivity index (χ1) is 12.8. The number of nitrogens with zero attached hydrogens (tertiary/aromatic N) is 3. The van der Waals surface area contributed by atoms with Crippen LogP contribution < -0.4 is 0 Å². The number of aryl methyl sites for hydroxylation is 1. The summed E-state index contributed by atoms with van der Waals surface area (Å²) in [5.74, 6) is 0. The van der Waals surface area contributed by atoms with E-state index in [1.807, 2.05) is 16.9 Å². The number of rotatable bonds is 6. The summed E-state index contributed by atoms with van der Waals surface area (Å²) in [7, 11) is 0. The van der Waals surface area contributed by atoms with Crippen LogP contribution in [0.1, 0.15) is 37.3 Å². The SMILES string of the molecule is CCn1cc(CN2CC[C@@]3(CCCO3)[C@@H](OCc3ccccc3)C2)cn1. The molecule has 0 saturated carbocycles. The maximum absolute atomic E-state index is 6.41. The van der Waals surface area contributed by atoms with Crippen LogP contribution in [0.5, 0.6) is 0 Å². The molecule has 4 rings (SSSR count). The van der Waals surface area contributed by atoms with Crippen molar-refractivity contribution < 1.29 is 9.47 Å². The van der Waals surface area contributed by atoms with Gasteiger partial charge in [-0.05, 0) is 31.7 Å². The molecule has 1 aromatic heterocycles. The summed E-state index contributed by atoms with van der Waals surface area (Å²) in [6.07, 6.45) is 7.58. The number of aromatic nitrogens is 2. The molecule has 3 heterocycles. The normalized spacial score (nSPS) is 26.6. The van der Waals surface area contributed by atoms with E-state index in [-0.39, 0.29) is 11.7 Å². The molecule has 2 saturated heterocycles. The zero-order valence-electron chi connectivity index (χ0n) is 15.6. The third-order valence-electron chi connectivity index (χ3n) is 5.71. The lowest BCUT2D eigenvalue weighted by molar-refractivity contribution is -0.159. The summed E-state index contributed by atoms with van der Waals surface area (Å²) in [6, 6.07) is 10.4. The van der Waals surface area contributed by atoms with Gasteiger partial charge in [0.25, 0.3) is 0 Å². The molecule has 2 atom stereocenters. The largest absolute Gasteiger partial charge is 0.372 e. The molecule has 2 fully saturated rings. The van der Waals surface area contributed by atoms with Crippen molar-refractivity contribution in [1.29, 1.82) is 0 Å². The van der Waals surface area contributed by atoms with Crippen LogP contribution in [0.4, 0.5) is 0 Å². The summed E-state index contributed by atoms with van der Waals surface area (Å²) in [5, 5.41) is 4.40. The van der Waals surface area contributed by atoms with E-state index in [2.05, 4.69) is 47.4 Å². The Kier molecular flexibility index (Phi) is 5.38. The molecule has 2 aliphatic rings. The number of hydrogen-bond acceptors (Lipinski definition) is 4. The van der Waals surface area contributed by atoms with Crippen molar-refractivity contribution in [2.75, 3.05) is 19.7 Å². The van der Waals surface area contributed by atoms with Crippen molar-refractivity contribution in [2.24, 2.45) is 0 Å². The Balaban J connectivity index is 1.42. The van der Waals surface area contributed by atoms with Crippen LogP contribution in [-0.4, -0.2) is 46.1 Å². The average molecular weight is 355 g/mol. The zero-order chi connectivity index (χ0) is 17.8. The quantitative estimate of drug-likeness (QED) is 0.797. The fraction of sp³-hybridized carbons (Fsp3) is 0.571. The summed E-state index contributed by atoms with van der Waals surface area (Å²) < 4.78 is 14.6. The second kappa shape index (κ2) is 7.91. The molecular weight excluding hydrogens is 326 g/mol. The van der Waals surface area contributed by atoms with Crippen LogP contribution >= 0.6 is 0 Å². The highest BCUT2D eigenvalue weighted by atomic mass is 16.6. The summed E-state index contributed by atoms with van der Waals surface area (Å²) in [5.41, 5.74) is 2.41. The van der Waals surface area contributed by atoms with E-state index in [9.17, 15) is 0 Å². The van der Waals surface area contributed by atoms with E-state index in [1.165, 1.54) is 11.1 Å². The summed E-state index contributed by atoms with van der Waals surface area (Å²) in [4.78, 5) is 2.49. The first-order valence-corrected chi connectivity index (χ1v) is 9.80. The zero-order valence-corrected chi connectivity index (χ0v) is 15.6. The molecular formula is C21H29N3O2. The molecule has 0 unspecified atom stereocenters. The van der Waals surface area contributed by atoms with Gasteiger partial charge in [-0.1, -0.05) is 30.3 Å². The minimum absolute atomic E-state index is 0.0844. The second-order valence-corrected chi connectivity index (χ2v) is 7.49. The Labute approximate surface area is 155 Å². The predicted octanol–water partition coefficient (Wildman–Crippen LogP) is 3.24. The van der Waals surface area contributed by atoms with Crippen molar-refractivity contribution in [1.82, 2.24) is 14.7 Å². The van der Waals surface area contributed by atoms with E-state index in [4.69, 9.17) is 9.47 Å². The van der Waals surface area contributed by atoms with E-state index in [0.29, 0.717) is 6.61 Å². The molecule has 5 heteroatoms. The lowest BCUT2D eigenvalue weighted by Crippen LogP contribution is -2.55. The second-order valence-electron chi connectivity index (χ2n) is 7.49. The van der Waals surface area contributed by atoms with E-state index >= 15 is 0 Å². The molecule has 5 nitrogen and oxygen atoms in total. The lowest BCUT2D eigenvalue weighted by Gasteiger charge is -2.44. The Hall–Kier alpha value is -1.69. The van der Waals surface area contributed by atoms with Crippen molar-refractivity contribution in [3.05, 3.63) is 53.9 Å². The Morgan fingerprint density at radius 2 is 2.12 bits per heavy atom. The highest BCUT2D eigenvalue weighted by Gasteiger charge is 2.47. The smallest absolute Gasteiger partial charge is 0.0996 e. The molecule has 1 spiro atoms. The van der Waals surface area contributed by atoms with Crippen molar-refractivity contribution >= 4 is 0 Å². The minimum atomic E-state index is -0.0844. The molecule has 0 radical (unpaired) electrons. The highest BCUT2D eigenvalue weighted by molar-refractivity contribution is 5.14. The van der Waals surface area contributed by atoms with Crippen LogP contribution in [0.3, 0.4) is 0 Å². The first-order valence-electron chi connectivity index (χ1n) is 9.80. The van der Waals surface area contributed by atoms with Gasteiger partial charge in [-0.2, -0.15) is 5.10 Å². The van der Waals surface area contributed by atoms with E-state index < -0.39 is 0 Å². The Bertz CT molecular complexity index is 694. The van der Waals surface area contributed by atoms with Gasteiger partial charge in [0.15, 0.2) is 0 Å². The molecule has 0 amide bonds. The highest BCUT2D eigenvalue weighted by Crippen LogP contribution is 2.38. The molecule has 0 N–H and O–H groups in total. The number of piperidine rings is 1.